The Morgan fingerprint density at radius 3 is 2.89 bits per heavy atom. The smallest absolute Gasteiger partial charge is 0.238 e. The number of amides is 1. The molecule has 1 aromatic carbocycles. The third kappa shape index (κ3) is 3.51. The van der Waals surface area contributed by atoms with Gasteiger partial charge in [0.15, 0.2) is 0 Å². The molecule has 1 aliphatic heterocycles. The van der Waals surface area contributed by atoms with Crippen LogP contribution in [0.1, 0.15) is 5.56 Å². The molecule has 1 fully saturated rings. The zero-order valence-electron chi connectivity index (χ0n) is 10.4. The van der Waals surface area contributed by atoms with Crippen LogP contribution in [0.5, 0.6) is 0 Å². The number of rotatable bonds is 3. The van der Waals surface area contributed by atoms with Crippen molar-refractivity contribution in [1.29, 1.82) is 0 Å². The second-order valence-electron chi connectivity index (χ2n) is 4.61. The standard InChI is InChI=1S/C13H18FN3O/c1-17-7-6-15-12(9-17)13(18)16-8-10-2-4-11(14)5-3-10/h2-5,12,15H,6-9H2,1H3,(H,16,18). The van der Waals surface area contributed by atoms with Crippen molar-refractivity contribution in [2.24, 2.45) is 0 Å². The van der Waals surface area contributed by atoms with Crippen LogP contribution in [0.25, 0.3) is 0 Å². The van der Waals surface area contributed by atoms with E-state index >= 15 is 0 Å². The van der Waals surface area contributed by atoms with E-state index in [1.165, 1.54) is 12.1 Å². The van der Waals surface area contributed by atoms with Crippen molar-refractivity contribution in [3.05, 3.63) is 35.6 Å². The second kappa shape index (κ2) is 5.93. The maximum absolute atomic E-state index is 12.7. The lowest BCUT2D eigenvalue weighted by atomic mass is 10.2. The molecule has 1 amide bonds. The molecule has 5 heteroatoms. The fraction of sp³-hybridized carbons (Fsp3) is 0.462. The highest BCUT2D eigenvalue weighted by molar-refractivity contribution is 5.82. The third-order valence-corrected chi connectivity index (χ3v) is 3.07. The molecule has 1 unspecified atom stereocenters. The van der Waals surface area contributed by atoms with Crippen molar-refractivity contribution in [1.82, 2.24) is 15.5 Å². The number of halogens is 1. The predicted octanol–water partition coefficient (Wildman–Crippen LogP) is 0.345. The van der Waals surface area contributed by atoms with Crippen LogP contribution in [0.3, 0.4) is 0 Å². The van der Waals surface area contributed by atoms with Gasteiger partial charge in [0.2, 0.25) is 5.91 Å². The first-order chi connectivity index (χ1) is 8.65. The lowest BCUT2D eigenvalue weighted by molar-refractivity contribution is -0.124. The molecule has 0 aliphatic carbocycles. The quantitative estimate of drug-likeness (QED) is 0.814. The molecule has 0 aromatic heterocycles. The number of nitrogens with one attached hydrogen (secondary N) is 2. The molecule has 1 atom stereocenters. The number of carbonyl (C=O) groups excluding carboxylic acids is 1. The van der Waals surface area contributed by atoms with Gasteiger partial charge in [-0.25, -0.2) is 4.39 Å². The molecule has 0 radical (unpaired) electrons. The first-order valence-corrected chi connectivity index (χ1v) is 6.09. The Balaban J connectivity index is 1.82. The van der Waals surface area contributed by atoms with E-state index in [4.69, 9.17) is 0 Å². The minimum absolute atomic E-state index is 0.00845. The summed E-state index contributed by atoms with van der Waals surface area (Å²) in [5.74, 6) is -0.272. The fourth-order valence-corrected chi connectivity index (χ4v) is 1.99. The zero-order valence-corrected chi connectivity index (χ0v) is 10.4. The van der Waals surface area contributed by atoms with Crippen molar-refractivity contribution >= 4 is 5.91 Å². The Labute approximate surface area is 106 Å². The molecule has 0 bridgehead atoms. The Morgan fingerprint density at radius 2 is 2.22 bits per heavy atom. The molecular weight excluding hydrogens is 233 g/mol. The molecule has 98 valence electrons. The Bertz CT molecular complexity index is 407. The van der Waals surface area contributed by atoms with Gasteiger partial charge in [-0.3, -0.25) is 4.79 Å². The van der Waals surface area contributed by atoms with Crippen LogP contribution in [0.2, 0.25) is 0 Å². The number of carbonyl (C=O) groups is 1. The van der Waals surface area contributed by atoms with Gasteiger partial charge < -0.3 is 15.5 Å². The van der Waals surface area contributed by atoms with Gasteiger partial charge >= 0.3 is 0 Å². The van der Waals surface area contributed by atoms with Crippen molar-refractivity contribution < 1.29 is 9.18 Å². The number of piperazine rings is 1. The van der Waals surface area contributed by atoms with Crippen LogP contribution in [-0.4, -0.2) is 43.5 Å². The molecule has 2 rings (SSSR count). The third-order valence-electron chi connectivity index (χ3n) is 3.07. The summed E-state index contributed by atoms with van der Waals surface area (Å²) in [6.07, 6.45) is 0. The van der Waals surface area contributed by atoms with Crippen LogP contribution < -0.4 is 10.6 Å². The van der Waals surface area contributed by atoms with Crippen molar-refractivity contribution in [2.45, 2.75) is 12.6 Å². The van der Waals surface area contributed by atoms with Gasteiger partial charge in [-0.05, 0) is 24.7 Å². The number of hydrogen-bond acceptors (Lipinski definition) is 3. The van der Waals surface area contributed by atoms with E-state index in [0.29, 0.717) is 6.54 Å². The summed E-state index contributed by atoms with van der Waals surface area (Å²) in [4.78, 5) is 14.0. The maximum atomic E-state index is 12.7. The monoisotopic (exact) mass is 251 g/mol. The van der Waals surface area contributed by atoms with E-state index < -0.39 is 0 Å². The number of hydrogen-bond donors (Lipinski definition) is 2. The molecule has 18 heavy (non-hydrogen) atoms. The SMILES string of the molecule is CN1CCNC(C(=O)NCc2ccc(F)cc2)C1. The minimum Gasteiger partial charge on any atom is -0.351 e. The largest absolute Gasteiger partial charge is 0.351 e. The zero-order chi connectivity index (χ0) is 13.0. The van der Waals surface area contributed by atoms with Crippen LogP contribution in [0.4, 0.5) is 4.39 Å². The number of benzene rings is 1. The lowest BCUT2D eigenvalue weighted by Crippen LogP contribution is -2.55. The summed E-state index contributed by atoms with van der Waals surface area (Å²) < 4.78 is 12.7. The highest BCUT2D eigenvalue weighted by atomic mass is 19.1. The summed E-state index contributed by atoms with van der Waals surface area (Å²) in [6.45, 7) is 2.93. The molecule has 1 heterocycles. The molecule has 0 saturated carbocycles. The van der Waals surface area contributed by atoms with Crippen molar-refractivity contribution in [3.8, 4) is 0 Å². The van der Waals surface area contributed by atoms with Gasteiger partial charge in [0.05, 0.1) is 6.04 Å². The molecule has 4 nitrogen and oxygen atoms in total. The van der Waals surface area contributed by atoms with Gasteiger partial charge in [-0.2, -0.15) is 0 Å². The summed E-state index contributed by atoms with van der Waals surface area (Å²) in [7, 11) is 2.00. The maximum Gasteiger partial charge on any atom is 0.238 e. The highest BCUT2D eigenvalue weighted by Gasteiger charge is 2.22. The minimum atomic E-state index is -0.263. The summed E-state index contributed by atoms with van der Waals surface area (Å²) >= 11 is 0. The van der Waals surface area contributed by atoms with Gasteiger partial charge in [0.1, 0.15) is 5.82 Å². The summed E-state index contributed by atoms with van der Waals surface area (Å²) in [6, 6.07) is 5.98. The molecule has 1 aliphatic rings. The number of likely N-dealkylation sites (N-methyl/N-ethyl adjacent to an activating group) is 1. The van der Waals surface area contributed by atoms with Crippen LogP contribution in [0, 0.1) is 5.82 Å². The molecule has 1 saturated heterocycles. The second-order valence-corrected chi connectivity index (χ2v) is 4.61. The Hall–Kier alpha value is -1.46. The average Bonchev–Trinajstić information content (AvgIpc) is 2.38. The topological polar surface area (TPSA) is 44.4 Å². The Kier molecular flexibility index (Phi) is 4.28. The van der Waals surface area contributed by atoms with Gasteiger partial charge in [0, 0.05) is 26.2 Å². The van der Waals surface area contributed by atoms with E-state index in [2.05, 4.69) is 15.5 Å². The predicted molar refractivity (Wildman–Crippen MR) is 67.5 cm³/mol. The molecule has 2 N–H and O–H groups in total. The first kappa shape index (κ1) is 13.0. The molecular formula is C13H18FN3O. The van der Waals surface area contributed by atoms with E-state index in [9.17, 15) is 9.18 Å². The normalized spacial score (nSPS) is 20.7. The van der Waals surface area contributed by atoms with Gasteiger partial charge in [-0.1, -0.05) is 12.1 Å². The fourth-order valence-electron chi connectivity index (χ4n) is 1.99. The summed E-state index contributed by atoms with van der Waals surface area (Å²) in [5.41, 5.74) is 0.897. The van der Waals surface area contributed by atoms with E-state index in [0.717, 1.165) is 25.2 Å². The van der Waals surface area contributed by atoms with Crippen molar-refractivity contribution in [3.63, 3.8) is 0 Å². The van der Waals surface area contributed by atoms with E-state index in [1.54, 1.807) is 12.1 Å². The van der Waals surface area contributed by atoms with Crippen LogP contribution >= 0.6 is 0 Å². The van der Waals surface area contributed by atoms with Gasteiger partial charge in [0.25, 0.3) is 0 Å². The van der Waals surface area contributed by atoms with Crippen molar-refractivity contribution in [2.75, 3.05) is 26.7 Å². The number of nitrogens with zero attached hydrogens (tertiary/aromatic N) is 1. The van der Waals surface area contributed by atoms with E-state index in [1.807, 2.05) is 7.05 Å². The van der Waals surface area contributed by atoms with Gasteiger partial charge in [-0.15, -0.1) is 0 Å². The van der Waals surface area contributed by atoms with Crippen LogP contribution in [-0.2, 0) is 11.3 Å². The summed E-state index contributed by atoms with van der Waals surface area (Å²) in [5, 5.41) is 6.04. The van der Waals surface area contributed by atoms with E-state index in [-0.39, 0.29) is 17.8 Å². The highest BCUT2D eigenvalue weighted by Crippen LogP contribution is 2.03. The first-order valence-electron chi connectivity index (χ1n) is 6.09. The average molecular weight is 251 g/mol. The Morgan fingerprint density at radius 1 is 1.50 bits per heavy atom. The molecule has 0 spiro atoms. The van der Waals surface area contributed by atoms with Crippen LogP contribution in [0.15, 0.2) is 24.3 Å². The lowest BCUT2D eigenvalue weighted by Gasteiger charge is -2.29. The molecule has 1 aromatic rings.